The lowest BCUT2D eigenvalue weighted by Gasteiger charge is -2.08. The second-order valence-corrected chi connectivity index (χ2v) is 2.83. The summed E-state index contributed by atoms with van der Waals surface area (Å²) in [6.45, 7) is 0.980. The van der Waals surface area contributed by atoms with Crippen LogP contribution in [-0.4, -0.2) is 24.2 Å². The summed E-state index contributed by atoms with van der Waals surface area (Å²) < 4.78 is 0. The lowest BCUT2D eigenvalue weighted by Crippen LogP contribution is -2.15. The predicted octanol–water partition coefficient (Wildman–Crippen LogP) is 0.338. The molecule has 0 spiro atoms. The molecule has 0 saturated carbocycles. The van der Waals surface area contributed by atoms with E-state index in [9.17, 15) is 4.79 Å². The molecule has 0 amide bonds. The van der Waals surface area contributed by atoms with Crippen LogP contribution in [-0.2, 0) is 0 Å². The average molecular weight is 195 g/mol. The molecule has 1 aromatic rings. The first kappa shape index (κ1) is 10.3. The Hall–Kier alpha value is -1.75. The van der Waals surface area contributed by atoms with Gasteiger partial charge in [-0.25, -0.2) is 4.79 Å². The van der Waals surface area contributed by atoms with Crippen molar-refractivity contribution < 1.29 is 9.90 Å². The van der Waals surface area contributed by atoms with Crippen molar-refractivity contribution in [3.63, 3.8) is 0 Å². The van der Waals surface area contributed by atoms with Crippen molar-refractivity contribution in [2.24, 2.45) is 5.73 Å². The fourth-order valence-electron chi connectivity index (χ4n) is 1.10. The summed E-state index contributed by atoms with van der Waals surface area (Å²) in [5.74, 6) is -1.00. The minimum absolute atomic E-state index is 0.165. The molecule has 0 saturated heterocycles. The molecule has 0 aliphatic rings. The van der Waals surface area contributed by atoms with Gasteiger partial charge in [-0.1, -0.05) is 0 Å². The van der Waals surface area contributed by atoms with E-state index in [4.69, 9.17) is 16.6 Å². The molecule has 5 nitrogen and oxygen atoms in total. The first-order valence-corrected chi connectivity index (χ1v) is 4.22. The van der Waals surface area contributed by atoms with Gasteiger partial charge in [0.05, 0.1) is 5.56 Å². The number of carbonyl (C=O) groups is 1. The van der Waals surface area contributed by atoms with Crippen LogP contribution in [0.3, 0.4) is 0 Å². The molecule has 0 atom stereocenters. The van der Waals surface area contributed by atoms with Crippen LogP contribution in [0.2, 0.25) is 0 Å². The number of anilines is 2. The zero-order valence-electron chi connectivity index (χ0n) is 7.66. The van der Waals surface area contributed by atoms with E-state index in [0.29, 0.717) is 24.5 Å². The third kappa shape index (κ3) is 2.37. The molecule has 0 aliphatic heterocycles. The molecule has 76 valence electrons. The number of nitrogens with one attached hydrogen (secondary N) is 1. The van der Waals surface area contributed by atoms with Crippen LogP contribution in [0.1, 0.15) is 10.4 Å². The number of nitrogens with two attached hydrogens (primary N) is 2. The summed E-state index contributed by atoms with van der Waals surface area (Å²) >= 11 is 0. The van der Waals surface area contributed by atoms with Crippen LogP contribution in [0.5, 0.6) is 0 Å². The molecule has 0 radical (unpaired) electrons. The molecule has 14 heavy (non-hydrogen) atoms. The minimum Gasteiger partial charge on any atom is -0.478 e. The number of hydrogen-bond donors (Lipinski definition) is 4. The Balaban J connectivity index is 2.96. The number of hydrogen-bond acceptors (Lipinski definition) is 4. The Morgan fingerprint density at radius 3 is 2.79 bits per heavy atom. The smallest absolute Gasteiger partial charge is 0.337 e. The summed E-state index contributed by atoms with van der Waals surface area (Å²) in [4.78, 5) is 10.8. The Bertz CT molecular complexity index is 339. The highest BCUT2D eigenvalue weighted by atomic mass is 16.4. The maximum Gasteiger partial charge on any atom is 0.337 e. The SMILES string of the molecule is NCCNc1ccc(N)cc1C(=O)O. The molecule has 0 fully saturated rings. The van der Waals surface area contributed by atoms with Crippen molar-refractivity contribution in [1.82, 2.24) is 0 Å². The number of benzene rings is 1. The van der Waals surface area contributed by atoms with Gasteiger partial charge in [-0.3, -0.25) is 0 Å². The second-order valence-electron chi connectivity index (χ2n) is 2.83. The van der Waals surface area contributed by atoms with Gasteiger partial charge in [-0.2, -0.15) is 0 Å². The average Bonchev–Trinajstić information content (AvgIpc) is 2.15. The van der Waals surface area contributed by atoms with Crippen molar-refractivity contribution in [2.75, 3.05) is 24.1 Å². The highest BCUT2D eigenvalue weighted by Crippen LogP contribution is 2.18. The molecule has 1 rings (SSSR count). The topological polar surface area (TPSA) is 101 Å². The number of aromatic carboxylic acids is 1. The van der Waals surface area contributed by atoms with Gasteiger partial charge in [0.2, 0.25) is 0 Å². The van der Waals surface area contributed by atoms with Gasteiger partial charge in [0.1, 0.15) is 0 Å². The summed E-state index contributed by atoms with van der Waals surface area (Å²) in [5, 5.41) is 11.8. The molecule has 0 heterocycles. The maximum absolute atomic E-state index is 10.8. The van der Waals surface area contributed by atoms with E-state index in [0.717, 1.165) is 0 Å². The first-order valence-electron chi connectivity index (χ1n) is 4.22. The molecule has 1 aromatic carbocycles. The Labute approximate surface area is 81.7 Å². The van der Waals surface area contributed by atoms with E-state index < -0.39 is 5.97 Å². The van der Waals surface area contributed by atoms with Crippen molar-refractivity contribution in [2.45, 2.75) is 0 Å². The predicted molar refractivity (Wildman–Crippen MR) is 55.4 cm³/mol. The molecule has 0 bridgehead atoms. The maximum atomic E-state index is 10.8. The molecular formula is C9H13N3O2. The fourth-order valence-corrected chi connectivity index (χ4v) is 1.10. The van der Waals surface area contributed by atoms with Crippen LogP contribution >= 0.6 is 0 Å². The van der Waals surface area contributed by atoms with E-state index in [1.165, 1.54) is 6.07 Å². The summed E-state index contributed by atoms with van der Waals surface area (Å²) in [6.07, 6.45) is 0. The van der Waals surface area contributed by atoms with E-state index in [2.05, 4.69) is 5.32 Å². The Kier molecular flexibility index (Phi) is 3.30. The molecule has 0 aliphatic carbocycles. The van der Waals surface area contributed by atoms with Crippen molar-refractivity contribution in [1.29, 1.82) is 0 Å². The molecule has 0 unspecified atom stereocenters. The van der Waals surface area contributed by atoms with Gasteiger partial charge >= 0.3 is 5.97 Å². The van der Waals surface area contributed by atoms with Gasteiger partial charge < -0.3 is 21.9 Å². The third-order valence-corrected chi connectivity index (χ3v) is 1.73. The van der Waals surface area contributed by atoms with Gasteiger partial charge in [-0.05, 0) is 18.2 Å². The second kappa shape index (κ2) is 4.48. The molecule has 6 N–H and O–H groups in total. The Morgan fingerprint density at radius 1 is 1.50 bits per heavy atom. The number of carboxylic acid groups (broad SMARTS) is 1. The summed E-state index contributed by atoms with van der Waals surface area (Å²) in [7, 11) is 0. The highest BCUT2D eigenvalue weighted by Gasteiger charge is 2.09. The largest absolute Gasteiger partial charge is 0.478 e. The van der Waals surface area contributed by atoms with Crippen molar-refractivity contribution in [3.8, 4) is 0 Å². The zero-order chi connectivity index (χ0) is 10.6. The zero-order valence-corrected chi connectivity index (χ0v) is 7.66. The number of rotatable bonds is 4. The van der Waals surface area contributed by atoms with Crippen LogP contribution in [0.4, 0.5) is 11.4 Å². The molecular weight excluding hydrogens is 182 g/mol. The van der Waals surface area contributed by atoms with Crippen LogP contribution in [0.25, 0.3) is 0 Å². The van der Waals surface area contributed by atoms with E-state index in [1.807, 2.05) is 0 Å². The standard InChI is InChI=1S/C9H13N3O2/c10-3-4-12-8-2-1-6(11)5-7(8)9(13)14/h1-2,5,12H,3-4,10-11H2,(H,13,14). The quantitative estimate of drug-likeness (QED) is 0.519. The highest BCUT2D eigenvalue weighted by molar-refractivity contribution is 5.95. The van der Waals surface area contributed by atoms with Crippen molar-refractivity contribution in [3.05, 3.63) is 23.8 Å². The van der Waals surface area contributed by atoms with Crippen LogP contribution in [0.15, 0.2) is 18.2 Å². The van der Waals surface area contributed by atoms with E-state index in [1.54, 1.807) is 12.1 Å². The molecule has 5 heteroatoms. The first-order chi connectivity index (χ1) is 6.65. The lowest BCUT2D eigenvalue weighted by atomic mass is 10.1. The van der Waals surface area contributed by atoms with Crippen LogP contribution in [0, 0.1) is 0 Å². The summed E-state index contributed by atoms with van der Waals surface area (Å²) in [5.41, 5.74) is 11.9. The van der Waals surface area contributed by atoms with E-state index in [-0.39, 0.29) is 5.56 Å². The van der Waals surface area contributed by atoms with Gasteiger partial charge in [-0.15, -0.1) is 0 Å². The summed E-state index contributed by atoms with van der Waals surface area (Å²) in [6, 6.07) is 4.70. The van der Waals surface area contributed by atoms with Gasteiger partial charge in [0, 0.05) is 24.5 Å². The molecule has 0 aromatic heterocycles. The number of nitrogen functional groups attached to an aromatic ring is 1. The lowest BCUT2D eigenvalue weighted by molar-refractivity contribution is 0.0698. The Morgan fingerprint density at radius 2 is 2.21 bits per heavy atom. The van der Waals surface area contributed by atoms with Gasteiger partial charge in [0.25, 0.3) is 0 Å². The van der Waals surface area contributed by atoms with Crippen molar-refractivity contribution >= 4 is 17.3 Å². The van der Waals surface area contributed by atoms with Crippen LogP contribution < -0.4 is 16.8 Å². The normalized spacial score (nSPS) is 9.79. The monoisotopic (exact) mass is 195 g/mol. The number of carboxylic acids is 1. The minimum atomic E-state index is -1.00. The van der Waals surface area contributed by atoms with E-state index >= 15 is 0 Å². The van der Waals surface area contributed by atoms with Gasteiger partial charge in [0.15, 0.2) is 0 Å². The fraction of sp³-hybridized carbons (Fsp3) is 0.222. The third-order valence-electron chi connectivity index (χ3n) is 1.73.